The first kappa shape index (κ1) is 10.6. The minimum Gasteiger partial charge on any atom is -0.496 e. The molecular weight excluding hydrogens is 193 g/mol. The first-order chi connectivity index (χ1) is 6.46. The molecule has 0 N–H and O–H groups in total. The fraction of sp³-hybridized carbons (Fsp3) is 0.200. The molecule has 4 heteroatoms. The summed E-state index contributed by atoms with van der Waals surface area (Å²) in [5.41, 5.74) is -0.919. The second-order valence-electron chi connectivity index (χ2n) is 2.68. The smallest absolute Gasteiger partial charge is 0.416 e. The summed E-state index contributed by atoms with van der Waals surface area (Å²) < 4.78 is 41.7. The third kappa shape index (κ3) is 2.07. The van der Waals surface area contributed by atoms with E-state index in [4.69, 9.17) is 4.74 Å². The van der Waals surface area contributed by atoms with Gasteiger partial charge in [-0.3, -0.25) is 0 Å². The lowest BCUT2D eigenvalue weighted by atomic mass is 10.1. The van der Waals surface area contributed by atoms with E-state index in [9.17, 15) is 13.2 Å². The maximum absolute atomic E-state index is 12.3. The van der Waals surface area contributed by atoms with Crippen LogP contribution in [0.25, 0.3) is 5.57 Å². The summed E-state index contributed by atoms with van der Waals surface area (Å²) in [5, 5.41) is 0. The van der Waals surface area contributed by atoms with Gasteiger partial charge in [0.1, 0.15) is 5.75 Å². The molecule has 0 aliphatic heterocycles. The van der Waals surface area contributed by atoms with E-state index in [1.54, 1.807) is 6.07 Å². The van der Waals surface area contributed by atoms with Crippen molar-refractivity contribution in [2.45, 2.75) is 6.18 Å². The summed E-state index contributed by atoms with van der Waals surface area (Å²) in [6, 6.07) is 5.90. The fourth-order valence-electron chi connectivity index (χ4n) is 1.05. The minimum atomic E-state index is -4.42. The van der Waals surface area contributed by atoms with Gasteiger partial charge in [-0.15, -0.1) is 0 Å². The van der Waals surface area contributed by atoms with E-state index in [2.05, 4.69) is 6.58 Å². The summed E-state index contributed by atoms with van der Waals surface area (Å²) in [4.78, 5) is 0. The number of allylic oxidation sites excluding steroid dienone is 1. The van der Waals surface area contributed by atoms with Gasteiger partial charge in [-0.25, -0.2) is 0 Å². The lowest BCUT2D eigenvalue weighted by Gasteiger charge is -2.13. The number of para-hydroxylation sites is 1. The van der Waals surface area contributed by atoms with Crippen LogP contribution in [0.3, 0.4) is 0 Å². The molecule has 0 bridgehead atoms. The van der Waals surface area contributed by atoms with Gasteiger partial charge in [-0.05, 0) is 6.07 Å². The predicted molar refractivity (Wildman–Crippen MR) is 48.1 cm³/mol. The molecule has 76 valence electrons. The van der Waals surface area contributed by atoms with Gasteiger partial charge in [0.25, 0.3) is 0 Å². The van der Waals surface area contributed by atoms with E-state index in [-0.39, 0.29) is 11.3 Å². The standard InChI is InChI=1S/C10H9F3O/c1-7(10(11,12)13)8-5-3-4-6-9(8)14-2/h3-6H,1H2,2H3. The van der Waals surface area contributed by atoms with E-state index in [0.717, 1.165) is 0 Å². The van der Waals surface area contributed by atoms with E-state index >= 15 is 0 Å². The topological polar surface area (TPSA) is 9.23 Å². The molecular formula is C10H9F3O. The Kier molecular flexibility index (Phi) is 2.84. The molecule has 0 saturated carbocycles. The van der Waals surface area contributed by atoms with E-state index < -0.39 is 11.7 Å². The monoisotopic (exact) mass is 202 g/mol. The molecule has 0 amide bonds. The van der Waals surface area contributed by atoms with Crippen molar-refractivity contribution in [3.8, 4) is 5.75 Å². The zero-order valence-electron chi connectivity index (χ0n) is 7.56. The van der Waals surface area contributed by atoms with E-state index in [1.807, 2.05) is 0 Å². The van der Waals surface area contributed by atoms with Gasteiger partial charge >= 0.3 is 6.18 Å². The molecule has 0 aliphatic rings. The van der Waals surface area contributed by atoms with Crippen molar-refractivity contribution in [1.82, 2.24) is 0 Å². The quantitative estimate of drug-likeness (QED) is 0.715. The molecule has 0 atom stereocenters. The van der Waals surface area contributed by atoms with Crippen LogP contribution in [0.1, 0.15) is 5.56 Å². The molecule has 0 aromatic heterocycles. The third-order valence-electron chi connectivity index (χ3n) is 1.77. The van der Waals surface area contributed by atoms with Crippen molar-refractivity contribution in [1.29, 1.82) is 0 Å². The maximum atomic E-state index is 12.3. The van der Waals surface area contributed by atoms with Gasteiger partial charge in [0.15, 0.2) is 0 Å². The highest BCUT2D eigenvalue weighted by Gasteiger charge is 2.34. The van der Waals surface area contributed by atoms with Gasteiger partial charge in [-0.2, -0.15) is 13.2 Å². The second kappa shape index (κ2) is 3.74. The summed E-state index contributed by atoms with van der Waals surface area (Å²) in [7, 11) is 1.32. The number of halogens is 3. The minimum absolute atomic E-state index is 0.0255. The highest BCUT2D eigenvalue weighted by Crippen LogP contribution is 2.36. The molecule has 0 spiro atoms. The Morgan fingerprint density at radius 1 is 1.29 bits per heavy atom. The molecule has 1 aromatic carbocycles. The van der Waals surface area contributed by atoms with Crippen molar-refractivity contribution in [3.63, 3.8) is 0 Å². The lowest BCUT2D eigenvalue weighted by Crippen LogP contribution is -2.10. The molecule has 0 unspecified atom stereocenters. The molecule has 0 radical (unpaired) electrons. The molecule has 0 fully saturated rings. The largest absolute Gasteiger partial charge is 0.496 e. The van der Waals surface area contributed by atoms with Crippen molar-refractivity contribution >= 4 is 5.57 Å². The maximum Gasteiger partial charge on any atom is 0.416 e. The van der Waals surface area contributed by atoms with Crippen LogP contribution in [-0.4, -0.2) is 13.3 Å². The van der Waals surface area contributed by atoms with Crippen molar-refractivity contribution in [3.05, 3.63) is 36.4 Å². The zero-order valence-corrected chi connectivity index (χ0v) is 7.56. The predicted octanol–water partition coefficient (Wildman–Crippen LogP) is 3.27. The van der Waals surface area contributed by atoms with Crippen LogP contribution >= 0.6 is 0 Å². The lowest BCUT2D eigenvalue weighted by molar-refractivity contribution is -0.0687. The molecule has 1 aromatic rings. The molecule has 0 heterocycles. The zero-order chi connectivity index (χ0) is 10.8. The van der Waals surface area contributed by atoms with Gasteiger partial charge < -0.3 is 4.74 Å². The highest BCUT2D eigenvalue weighted by atomic mass is 19.4. The SMILES string of the molecule is C=C(c1ccccc1OC)C(F)(F)F. The number of hydrogen-bond acceptors (Lipinski definition) is 1. The average molecular weight is 202 g/mol. The van der Waals surface area contributed by atoms with Crippen molar-refractivity contribution in [2.24, 2.45) is 0 Å². The normalized spacial score (nSPS) is 11.1. The van der Waals surface area contributed by atoms with Crippen LogP contribution in [-0.2, 0) is 0 Å². The summed E-state index contributed by atoms with van der Waals surface area (Å²) >= 11 is 0. The molecule has 0 saturated heterocycles. The number of methoxy groups -OCH3 is 1. The van der Waals surface area contributed by atoms with Crippen molar-refractivity contribution in [2.75, 3.05) is 7.11 Å². The van der Waals surface area contributed by atoms with Crippen LogP contribution in [0.5, 0.6) is 5.75 Å². The number of alkyl halides is 3. The van der Waals surface area contributed by atoms with Crippen LogP contribution in [0.2, 0.25) is 0 Å². The van der Waals surface area contributed by atoms with E-state index in [1.165, 1.54) is 25.3 Å². The molecule has 0 aliphatic carbocycles. The third-order valence-corrected chi connectivity index (χ3v) is 1.77. The van der Waals surface area contributed by atoms with Crippen LogP contribution in [0.15, 0.2) is 30.8 Å². The van der Waals surface area contributed by atoms with Gasteiger partial charge in [0.2, 0.25) is 0 Å². The Hall–Kier alpha value is -1.45. The van der Waals surface area contributed by atoms with Crippen LogP contribution in [0, 0.1) is 0 Å². The van der Waals surface area contributed by atoms with Crippen LogP contribution < -0.4 is 4.74 Å². The number of rotatable bonds is 2. The highest BCUT2D eigenvalue weighted by molar-refractivity contribution is 5.72. The Morgan fingerprint density at radius 2 is 1.86 bits per heavy atom. The number of hydrogen-bond donors (Lipinski definition) is 0. The second-order valence-corrected chi connectivity index (χ2v) is 2.68. The number of ether oxygens (including phenoxy) is 1. The fourth-order valence-corrected chi connectivity index (χ4v) is 1.05. The first-order valence-electron chi connectivity index (χ1n) is 3.86. The molecule has 1 nitrogen and oxygen atoms in total. The Morgan fingerprint density at radius 3 is 2.36 bits per heavy atom. The Balaban J connectivity index is 3.13. The molecule has 14 heavy (non-hydrogen) atoms. The summed E-state index contributed by atoms with van der Waals surface area (Å²) in [5.74, 6) is 0.176. The first-order valence-corrected chi connectivity index (χ1v) is 3.86. The van der Waals surface area contributed by atoms with Crippen molar-refractivity contribution < 1.29 is 17.9 Å². The average Bonchev–Trinajstić information content (AvgIpc) is 2.15. The van der Waals surface area contributed by atoms with Gasteiger partial charge in [-0.1, -0.05) is 24.8 Å². The van der Waals surface area contributed by atoms with Crippen LogP contribution in [0.4, 0.5) is 13.2 Å². The number of benzene rings is 1. The summed E-state index contributed by atoms with van der Waals surface area (Å²) in [6.07, 6.45) is -4.42. The van der Waals surface area contributed by atoms with Gasteiger partial charge in [0, 0.05) is 5.56 Å². The van der Waals surface area contributed by atoms with E-state index in [0.29, 0.717) is 0 Å². The van der Waals surface area contributed by atoms with Gasteiger partial charge in [0.05, 0.1) is 12.7 Å². The Labute approximate surface area is 79.8 Å². The molecule has 1 rings (SSSR count). The Bertz CT molecular complexity index is 341. The summed E-state index contributed by atoms with van der Waals surface area (Å²) in [6.45, 7) is 3.00.